The van der Waals surface area contributed by atoms with Crippen LogP contribution in [-0.2, 0) is 22.6 Å². The SMILES string of the molecule is O=C(O)Cc1ccccc1C(O)C(O)CNC(=O)OCc1ccccc1. The van der Waals surface area contributed by atoms with Gasteiger partial charge < -0.3 is 25.4 Å². The number of carboxylic acid groups (broad SMARTS) is 1. The maximum Gasteiger partial charge on any atom is 0.407 e. The third kappa shape index (κ3) is 5.87. The van der Waals surface area contributed by atoms with E-state index in [0.29, 0.717) is 11.1 Å². The van der Waals surface area contributed by atoms with Gasteiger partial charge in [-0.05, 0) is 16.7 Å². The summed E-state index contributed by atoms with van der Waals surface area (Å²) in [4.78, 5) is 22.6. The average molecular weight is 359 g/mol. The van der Waals surface area contributed by atoms with E-state index in [1.54, 1.807) is 24.3 Å². The summed E-state index contributed by atoms with van der Waals surface area (Å²) in [5, 5.41) is 31.7. The molecule has 0 aliphatic carbocycles. The van der Waals surface area contributed by atoms with Crippen LogP contribution in [0.1, 0.15) is 22.8 Å². The molecule has 0 spiro atoms. The minimum Gasteiger partial charge on any atom is -0.481 e. The van der Waals surface area contributed by atoms with Gasteiger partial charge in [-0.25, -0.2) is 4.79 Å². The molecule has 26 heavy (non-hydrogen) atoms. The Morgan fingerprint density at radius 1 is 1.00 bits per heavy atom. The molecule has 0 aliphatic rings. The number of hydrogen-bond acceptors (Lipinski definition) is 5. The molecule has 0 saturated carbocycles. The number of carbonyl (C=O) groups excluding carboxylic acids is 1. The number of carboxylic acids is 1. The summed E-state index contributed by atoms with van der Waals surface area (Å²) < 4.78 is 5.02. The molecule has 2 unspecified atom stereocenters. The van der Waals surface area contributed by atoms with Crippen molar-refractivity contribution in [1.82, 2.24) is 5.32 Å². The Hall–Kier alpha value is -2.90. The molecule has 2 aromatic carbocycles. The molecule has 1 amide bonds. The Morgan fingerprint density at radius 2 is 1.65 bits per heavy atom. The number of alkyl carbamates (subject to hydrolysis) is 1. The molecule has 4 N–H and O–H groups in total. The Bertz CT molecular complexity index is 734. The molecule has 0 bridgehead atoms. The fraction of sp³-hybridized carbons (Fsp3) is 0.263. The Kier molecular flexibility index (Phi) is 7.13. The number of aliphatic carboxylic acids is 1. The van der Waals surface area contributed by atoms with Crippen LogP contribution in [0.3, 0.4) is 0 Å². The lowest BCUT2D eigenvalue weighted by atomic mass is 9.96. The first-order chi connectivity index (χ1) is 12.5. The fourth-order valence-electron chi connectivity index (χ4n) is 2.43. The zero-order chi connectivity index (χ0) is 18.9. The van der Waals surface area contributed by atoms with E-state index in [-0.39, 0.29) is 19.6 Å². The molecular weight excluding hydrogens is 338 g/mol. The Labute approximate surface area is 150 Å². The van der Waals surface area contributed by atoms with Crippen LogP contribution in [0.2, 0.25) is 0 Å². The summed E-state index contributed by atoms with van der Waals surface area (Å²) in [5.41, 5.74) is 1.53. The van der Waals surface area contributed by atoms with Gasteiger partial charge in [0.15, 0.2) is 0 Å². The number of aliphatic hydroxyl groups excluding tert-OH is 2. The monoisotopic (exact) mass is 359 g/mol. The molecule has 0 heterocycles. The molecule has 0 radical (unpaired) electrons. The molecule has 7 heteroatoms. The van der Waals surface area contributed by atoms with Crippen molar-refractivity contribution in [1.29, 1.82) is 0 Å². The maximum absolute atomic E-state index is 11.7. The molecule has 0 saturated heterocycles. The third-order valence-electron chi connectivity index (χ3n) is 3.75. The second-order valence-electron chi connectivity index (χ2n) is 5.72. The molecular formula is C19H21NO6. The lowest BCUT2D eigenvalue weighted by Gasteiger charge is -2.20. The first kappa shape index (κ1) is 19.4. The molecule has 138 valence electrons. The van der Waals surface area contributed by atoms with Crippen LogP contribution in [-0.4, -0.2) is 40.0 Å². The molecule has 2 rings (SSSR count). The van der Waals surface area contributed by atoms with E-state index in [1.165, 1.54) is 0 Å². The molecule has 0 fully saturated rings. The molecule has 7 nitrogen and oxygen atoms in total. The van der Waals surface area contributed by atoms with E-state index in [0.717, 1.165) is 5.56 Å². The highest BCUT2D eigenvalue weighted by Gasteiger charge is 2.22. The Morgan fingerprint density at radius 3 is 2.35 bits per heavy atom. The van der Waals surface area contributed by atoms with E-state index in [2.05, 4.69) is 5.32 Å². The summed E-state index contributed by atoms with van der Waals surface area (Å²) in [7, 11) is 0. The minimum atomic E-state index is -1.33. The third-order valence-corrected chi connectivity index (χ3v) is 3.75. The predicted molar refractivity (Wildman–Crippen MR) is 93.4 cm³/mol. The van der Waals surface area contributed by atoms with Crippen molar-refractivity contribution >= 4 is 12.1 Å². The number of ether oxygens (including phenoxy) is 1. The molecule has 0 aliphatic heterocycles. The highest BCUT2D eigenvalue weighted by Crippen LogP contribution is 2.21. The van der Waals surface area contributed by atoms with E-state index in [9.17, 15) is 19.8 Å². The van der Waals surface area contributed by atoms with Gasteiger partial charge in [0, 0.05) is 6.54 Å². The number of amides is 1. The van der Waals surface area contributed by atoms with Gasteiger partial charge in [-0.15, -0.1) is 0 Å². The number of hydrogen-bond donors (Lipinski definition) is 4. The number of carbonyl (C=O) groups is 2. The normalized spacial score (nSPS) is 12.8. The van der Waals surface area contributed by atoms with Gasteiger partial charge in [0.2, 0.25) is 0 Å². The summed E-state index contributed by atoms with van der Waals surface area (Å²) in [6.45, 7) is -0.150. The van der Waals surface area contributed by atoms with Crippen molar-refractivity contribution < 1.29 is 29.6 Å². The lowest BCUT2D eigenvalue weighted by molar-refractivity contribution is -0.136. The molecule has 2 atom stereocenters. The van der Waals surface area contributed by atoms with Crippen molar-refractivity contribution in [3.8, 4) is 0 Å². The Balaban J connectivity index is 1.86. The average Bonchev–Trinajstić information content (AvgIpc) is 2.64. The standard InChI is InChI=1S/C19H21NO6/c21-16(11-20-19(25)26-12-13-6-2-1-3-7-13)18(24)15-9-5-4-8-14(15)10-17(22)23/h1-9,16,18,21,24H,10-12H2,(H,20,25)(H,22,23). The van der Waals surface area contributed by atoms with Gasteiger partial charge >= 0.3 is 12.1 Å². The summed E-state index contributed by atoms with van der Waals surface area (Å²) in [5.74, 6) is -1.04. The van der Waals surface area contributed by atoms with E-state index in [1.807, 2.05) is 30.3 Å². The van der Waals surface area contributed by atoms with Gasteiger partial charge in [-0.3, -0.25) is 4.79 Å². The fourth-order valence-corrected chi connectivity index (χ4v) is 2.43. The smallest absolute Gasteiger partial charge is 0.407 e. The zero-order valence-electron chi connectivity index (χ0n) is 14.0. The van der Waals surface area contributed by atoms with Crippen molar-refractivity contribution in [2.45, 2.75) is 25.2 Å². The van der Waals surface area contributed by atoms with Gasteiger partial charge in [0.05, 0.1) is 6.42 Å². The van der Waals surface area contributed by atoms with Crippen molar-refractivity contribution in [3.05, 3.63) is 71.3 Å². The summed E-state index contributed by atoms with van der Waals surface area (Å²) in [6, 6.07) is 15.5. The van der Waals surface area contributed by atoms with Crippen molar-refractivity contribution in [2.24, 2.45) is 0 Å². The van der Waals surface area contributed by atoms with Crippen LogP contribution >= 0.6 is 0 Å². The van der Waals surface area contributed by atoms with Crippen LogP contribution < -0.4 is 5.32 Å². The second kappa shape index (κ2) is 9.55. The van der Waals surface area contributed by atoms with Crippen LogP contribution in [0.15, 0.2) is 54.6 Å². The maximum atomic E-state index is 11.7. The lowest BCUT2D eigenvalue weighted by Crippen LogP contribution is -2.36. The molecule has 2 aromatic rings. The van der Waals surface area contributed by atoms with Gasteiger partial charge in [-0.2, -0.15) is 0 Å². The van der Waals surface area contributed by atoms with Crippen LogP contribution in [0.4, 0.5) is 4.79 Å². The van der Waals surface area contributed by atoms with E-state index in [4.69, 9.17) is 9.84 Å². The topological polar surface area (TPSA) is 116 Å². The van der Waals surface area contributed by atoms with Crippen LogP contribution in [0.5, 0.6) is 0 Å². The zero-order valence-corrected chi connectivity index (χ0v) is 14.0. The number of rotatable bonds is 8. The largest absolute Gasteiger partial charge is 0.481 e. The predicted octanol–water partition coefficient (Wildman–Crippen LogP) is 1.63. The van der Waals surface area contributed by atoms with Crippen molar-refractivity contribution in [3.63, 3.8) is 0 Å². The van der Waals surface area contributed by atoms with Gasteiger partial charge in [0.1, 0.15) is 18.8 Å². The number of aliphatic hydroxyl groups is 2. The van der Waals surface area contributed by atoms with Gasteiger partial charge in [-0.1, -0.05) is 54.6 Å². The quantitative estimate of drug-likeness (QED) is 0.569. The summed E-state index contributed by atoms with van der Waals surface area (Å²) >= 11 is 0. The van der Waals surface area contributed by atoms with Crippen molar-refractivity contribution in [2.75, 3.05) is 6.54 Å². The highest BCUT2D eigenvalue weighted by atomic mass is 16.5. The van der Waals surface area contributed by atoms with Crippen LogP contribution in [0, 0.1) is 0 Å². The first-order valence-corrected chi connectivity index (χ1v) is 8.07. The second-order valence-corrected chi connectivity index (χ2v) is 5.72. The first-order valence-electron chi connectivity index (χ1n) is 8.07. The molecule has 0 aromatic heterocycles. The highest BCUT2D eigenvalue weighted by molar-refractivity contribution is 5.70. The summed E-state index contributed by atoms with van der Waals surface area (Å²) in [6.07, 6.45) is -3.64. The van der Waals surface area contributed by atoms with E-state index < -0.39 is 24.3 Å². The van der Waals surface area contributed by atoms with Crippen LogP contribution in [0.25, 0.3) is 0 Å². The number of nitrogens with one attached hydrogen (secondary N) is 1. The van der Waals surface area contributed by atoms with E-state index >= 15 is 0 Å². The minimum absolute atomic E-state index is 0.0900. The number of benzene rings is 2. The van der Waals surface area contributed by atoms with Gasteiger partial charge in [0.25, 0.3) is 0 Å².